The Balaban J connectivity index is 2.14. The van der Waals surface area contributed by atoms with Gasteiger partial charge in [-0.05, 0) is 40.2 Å². The maximum atomic E-state index is 5.65. The number of ether oxygens (including phenoxy) is 1. The molecule has 0 aliphatic rings. The Morgan fingerprint density at radius 3 is 2.90 bits per heavy atom. The lowest BCUT2D eigenvalue weighted by Gasteiger charge is -2.04. The Bertz CT molecular complexity index is 769. The summed E-state index contributed by atoms with van der Waals surface area (Å²) >= 11 is 3.48. The third kappa shape index (κ3) is 2.17. The smallest absolute Gasteiger partial charge is 0.155 e. The molecule has 2 heterocycles. The maximum absolute atomic E-state index is 5.65. The van der Waals surface area contributed by atoms with Gasteiger partial charge in [0.25, 0.3) is 0 Å². The molecule has 2 aromatic heterocycles. The van der Waals surface area contributed by atoms with Crippen LogP contribution in [0.15, 0.2) is 41.0 Å². The molecule has 102 valence electrons. The number of nitrogens with two attached hydrogens (primary N) is 1. The molecule has 0 saturated carbocycles. The van der Waals surface area contributed by atoms with Crippen LogP contribution in [0.3, 0.4) is 0 Å². The highest BCUT2D eigenvalue weighted by molar-refractivity contribution is 9.10. The molecule has 20 heavy (non-hydrogen) atoms. The van der Waals surface area contributed by atoms with Gasteiger partial charge in [0, 0.05) is 12.1 Å². The molecule has 3 aromatic rings. The number of fused-ring (bicyclic) bond motifs is 1. The van der Waals surface area contributed by atoms with Crippen molar-refractivity contribution in [1.29, 1.82) is 0 Å². The van der Waals surface area contributed by atoms with Crippen molar-refractivity contribution < 1.29 is 4.74 Å². The summed E-state index contributed by atoms with van der Waals surface area (Å²) in [6, 6.07) is 11.6. The van der Waals surface area contributed by atoms with Gasteiger partial charge >= 0.3 is 0 Å². The number of methoxy groups -OCH3 is 1. The summed E-state index contributed by atoms with van der Waals surface area (Å²) < 4.78 is 7.77. The van der Waals surface area contributed by atoms with E-state index in [0.717, 1.165) is 33.0 Å². The first-order valence-corrected chi connectivity index (χ1v) is 6.91. The van der Waals surface area contributed by atoms with Crippen LogP contribution in [0.5, 0.6) is 5.75 Å². The number of nitrogens with zero attached hydrogens (tertiary/aromatic N) is 3. The van der Waals surface area contributed by atoms with Crippen molar-refractivity contribution in [2.45, 2.75) is 6.54 Å². The van der Waals surface area contributed by atoms with Gasteiger partial charge in [0.1, 0.15) is 10.4 Å². The van der Waals surface area contributed by atoms with Crippen LogP contribution in [0.2, 0.25) is 0 Å². The molecule has 0 aliphatic carbocycles. The summed E-state index contributed by atoms with van der Waals surface area (Å²) in [6.45, 7) is 0.373. The summed E-state index contributed by atoms with van der Waals surface area (Å²) in [4.78, 5) is 4.40. The molecule has 0 atom stereocenters. The number of imidazole rings is 1. The first-order chi connectivity index (χ1) is 9.72. The standard InChI is InChI=1S/C14H13BrN4O/c1-20-10-4-2-3-9(7-10)11-5-6-13-17-12(8-16)14(15)19(13)18-11/h2-7H,8,16H2,1H3. The predicted octanol–water partition coefficient (Wildman–Crippen LogP) is 2.63. The number of halogens is 1. The van der Waals surface area contributed by atoms with Crippen molar-refractivity contribution in [2.75, 3.05) is 7.11 Å². The number of aromatic nitrogens is 3. The van der Waals surface area contributed by atoms with Crippen LogP contribution in [-0.4, -0.2) is 21.7 Å². The number of rotatable bonds is 3. The Morgan fingerprint density at radius 1 is 1.30 bits per heavy atom. The molecular weight excluding hydrogens is 320 g/mol. The third-order valence-electron chi connectivity index (χ3n) is 3.05. The summed E-state index contributed by atoms with van der Waals surface area (Å²) in [5.74, 6) is 0.803. The van der Waals surface area contributed by atoms with Gasteiger partial charge in [0.05, 0.1) is 18.5 Å². The van der Waals surface area contributed by atoms with Gasteiger partial charge in [-0.1, -0.05) is 12.1 Å². The van der Waals surface area contributed by atoms with E-state index < -0.39 is 0 Å². The van der Waals surface area contributed by atoms with Gasteiger partial charge < -0.3 is 10.5 Å². The quantitative estimate of drug-likeness (QED) is 0.800. The SMILES string of the molecule is COc1cccc(-c2ccc3nc(CN)c(Br)n3n2)c1. The highest BCUT2D eigenvalue weighted by Gasteiger charge is 2.10. The fourth-order valence-electron chi connectivity index (χ4n) is 2.02. The molecule has 6 heteroatoms. The number of benzene rings is 1. The van der Waals surface area contributed by atoms with Crippen LogP contribution in [0.1, 0.15) is 5.69 Å². The molecular formula is C14H13BrN4O. The monoisotopic (exact) mass is 332 g/mol. The van der Waals surface area contributed by atoms with Gasteiger partial charge in [-0.25, -0.2) is 9.50 Å². The molecule has 3 rings (SSSR count). The predicted molar refractivity (Wildman–Crippen MR) is 80.6 cm³/mol. The molecule has 0 bridgehead atoms. The van der Waals surface area contributed by atoms with Crippen LogP contribution in [-0.2, 0) is 6.54 Å². The van der Waals surface area contributed by atoms with Crippen molar-refractivity contribution in [3.05, 3.63) is 46.7 Å². The van der Waals surface area contributed by atoms with Crippen LogP contribution >= 0.6 is 15.9 Å². The lowest BCUT2D eigenvalue weighted by molar-refractivity contribution is 0.415. The molecule has 0 saturated heterocycles. The molecule has 0 spiro atoms. The summed E-state index contributed by atoms with van der Waals surface area (Å²) in [5.41, 5.74) is 9.04. The fourth-order valence-corrected chi connectivity index (χ4v) is 2.53. The van der Waals surface area contributed by atoms with Crippen molar-refractivity contribution in [3.8, 4) is 17.0 Å². The molecule has 5 nitrogen and oxygen atoms in total. The van der Waals surface area contributed by atoms with Gasteiger partial charge in [-0.15, -0.1) is 0 Å². The van der Waals surface area contributed by atoms with E-state index in [-0.39, 0.29) is 0 Å². The Kier molecular flexibility index (Phi) is 3.42. The number of hydrogen-bond donors (Lipinski definition) is 1. The fraction of sp³-hybridized carbons (Fsp3) is 0.143. The van der Waals surface area contributed by atoms with Crippen LogP contribution < -0.4 is 10.5 Å². The minimum Gasteiger partial charge on any atom is -0.497 e. The van der Waals surface area contributed by atoms with E-state index in [1.807, 2.05) is 36.4 Å². The zero-order chi connectivity index (χ0) is 14.1. The summed E-state index contributed by atoms with van der Waals surface area (Å²) in [5, 5.41) is 4.59. The zero-order valence-corrected chi connectivity index (χ0v) is 12.5. The van der Waals surface area contributed by atoms with Crippen LogP contribution in [0, 0.1) is 0 Å². The van der Waals surface area contributed by atoms with Gasteiger partial charge in [0.15, 0.2) is 5.65 Å². The van der Waals surface area contributed by atoms with E-state index >= 15 is 0 Å². The van der Waals surface area contributed by atoms with Gasteiger partial charge in [-0.3, -0.25) is 0 Å². The van der Waals surface area contributed by atoms with E-state index in [1.165, 1.54) is 0 Å². The van der Waals surface area contributed by atoms with Crippen molar-refractivity contribution in [2.24, 2.45) is 5.73 Å². The first kappa shape index (κ1) is 13.1. The van der Waals surface area contributed by atoms with E-state index in [9.17, 15) is 0 Å². The second-order valence-corrected chi connectivity index (χ2v) is 5.03. The highest BCUT2D eigenvalue weighted by atomic mass is 79.9. The van der Waals surface area contributed by atoms with E-state index in [2.05, 4.69) is 26.0 Å². The van der Waals surface area contributed by atoms with E-state index in [0.29, 0.717) is 6.54 Å². The molecule has 0 radical (unpaired) electrons. The topological polar surface area (TPSA) is 65.4 Å². The summed E-state index contributed by atoms with van der Waals surface area (Å²) in [6.07, 6.45) is 0. The summed E-state index contributed by atoms with van der Waals surface area (Å²) in [7, 11) is 1.65. The van der Waals surface area contributed by atoms with Crippen LogP contribution in [0.25, 0.3) is 16.9 Å². The van der Waals surface area contributed by atoms with Crippen LogP contribution in [0.4, 0.5) is 0 Å². The first-order valence-electron chi connectivity index (χ1n) is 6.11. The molecule has 2 N–H and O–H groups in total. The van der Waals surface area contributed by atoms with Crippen molar-refractivity contribution in [3.63, 3.8) is 0 Å². The lowest BCUT2D eigenvalue weighted by Crippen LogP contribution is -1.98. The molecule has 0 unspecified atom stereocenters. The maximum Gasteiger partial charge on any atom is 0.155 e. The minimum atomic E-state index is 0.373. The molecule has 0 fully saturated rings. The average molecular weight is 333 g/mol. The minimum absolute atomic E-state index is 0.373. The second kappa shape index (κ2) is 5.22. The second-order valence-electron chi connectivity index (χ2n) is 4.27. The molecule has 0 aliphatic heterocycles. The van der Waals surface area contributed by atoms with Gasteiger partial charge in [-0.2, -0.15) is 5.10 Å². The Hall–Kier alpha value is -1.92. The Labute approximate surface area is 124 Å². The molecule has 1 aromatic carbocycles. The number of hydrogen-bond acceptors (Lipinski definition) is 4. The molecule has 0 amide bonds. The highest BCUT2D eigenvalue weighted by Crippen LogP contribution is 2.24. The average Bonchev–Trinajstić information content (AvgIpc) is 2.83. The van der Waals surface area contributed by atoms with E-state index in [4.69, 9.17) is 10.5 Å². The Morgan fingerprint density at radius 2 is 2.15 bits per heavy atom. The van der Waals surface area contributed by atoms with E-state index in [1.54, 1.807) is 11.6 Å². The normalized spacial score (nSPS) is 10.9. The zero-order valence-electron chi connectivity index (χ0n) is 10.9. The van der Waals surface area contributed by atoms with Crippen molar-refractivity contribution in [1.82, 2.24) is 14.6 Å². The largest absolute Gasteiger partial charge is 0.497 e. The lowest BCUT2D eigenvalue weighted by atomic mass is 10.1. The van der Waals surface area contributed by atoms with Gasteiger partial charge in [0.2, 0.25) is 0 Å². The third-order valence-corrected chi connectivity index (χ3v) is 3.84. The van der Waals surface area contributed by atoms with Crippen molar-refractivity contribution >= 4 is 21.6 Å².